The normalized spacial score (nSPS) is 10.1. The van der Waals surface area contributed by atoms with Gasteiger partial charge in [0.25, 0.3) is 11.8 Å². The van der Waals surface area contributed by atoms with Crippen molar-refractivity contribution in [3.05, 3.63) is 70.9 Å². The van der Waals surface area contributed by atoms with Gasteiger partial charge in [0.05, 0.1) is 10.6 Å². The molecule has 0 aliphatic heterocycles. The molecule has 2 aromatic rings. The molecule has 29 heavy (non-hydrogen) atoms. The average molecular weight is 422 g/mol. The summed E-state index contributed by atoms with van der Waals surface area (Å²) in [4.78, 5) is 38.6. The molecule has 0 atom stereocenters. The number of halogens is 2. The highest BCUT2D eigenvalue weighted by molar-refractivity contribution is 6.30. The molecule has 2 amide bonds. The van der Waals surface area contributed by atoms with Gasteiger partial charge >= 0.3 is 5.97 Å². The van der Waals surface area contributed by atoms with Crippen LogP contribution in [0.3, 0.4) is 0 Å². The van der Waals surface area contributed by atoms with Gasteiger partial charge in [-0.25, -0.2) is 9.18 Å². The summed E-state index contributed by atoms with van der Waals surface area (Å²) in [6, 6.07) is 6.23. The monoisotopic (exact) mass is 421 g/mol. The Morgan fingerprint density at radius 2 is 2.00 bits per heavy atom. The lowest BCUT2D eigenvalue weighted by Gasteiger charge is -2.10. The summed E-state index contributed by atoms with van der Waals surface area (Å²) < 4.78 is 18.4. The summed E-state index contributed by atoms with van der Waals surface area (Å²) >= 11 is 5.56. The minimum atomic E-state index is -1.17. The number of hydrogen-bond donors (Lipinski definition) is 3. The number of hydrogen-bond acceptors (Lipinski definition) is 5. The van der Waals surface area contributed by atoms with Crippen LogP contribution in [0.1, 0.15) is 27.3 Å². The van der Waals surface area contributed by atoms with Crippen LogP contribution in [0.5, 0.6) is 5.75 Å². The lowest BCUT2D eigenvalue weighted by molar-refractivity contribution is -0.123. The van der Waals surface area contributed by atoms with Crippen molar-refractivity contribution in [2.24, 2.45) is 0 Å². The van der Waals surface area contributed by atoms with Crippen molar-refractivity contribution in [1.82, 2.24) is 15.6 Å². The lowest BCUT2D eigenvalue weighted by atomic mass is 10.2. The maximum Gasteiger partial charge on any atom is 0.335 e. The predicted octanol–water partition coefficient (Wildman–Crippen LogP) is 2.40. The van der Waals surface area contributed by atoms with Gasteiger partial charge in [0, 0.05) is 30.9 Å². The molecule has 1 aromatic heterocycles. The van der Waals surface area contributed by atoms with Crippen molar-refractivity contribution >= 4 is 29.4 Å². The third-order valence-corrected chi connectivity index (χ3v) is 3.85. The Kier molecular flexibility index (Phi) is 7.67. The van der Waals surface area contributed by atoms with E-state index in [0.717, 1.165) is 12.1 Å². The quantitative estimate of drug-likeness (QED) is 0.572. The second kappa shape index (κ2) is 10.2. The zero-order chi connectivity index (χ0) is 21.4. The van der Waals surface area contributed by atoms with Crippen molar-refractivity contribution in [3.63, 3.8) is 0 Å². The zero-order valence-electron chi connectivity index (χ0n) is 15.1. The number of nitrogens with zero attached hydrogens (tertiary/aromatic N) is 1. The first-order valence-electron chi connectivity index (χ1n) is 8.29. The van der Waals surface area contributed by atoms with E-state index in [1.807, 2.05) is 0 Å². The number of rotatable bonds is 9. The molecule has 152 valence electrons. The molecule has 8 nitrogen and oxygen atoms in total. The number of benzene rings is 1. The Labute approximate surface area is 170 Å². The summed E-state index contributed by atoms with van der Waals surface area (Å²) in [5.74, 6) is -2.73. The first-order valence-corrected chi connectivity index (χ1v) is 8.67. The highest BCUT2D eigenvalue weighted by atomic mass is 35.5. The van der Waals surface area contributed by atoms with Crippen LogP contribution in [-0.4, -0.2) is 41.0 Å². The fourth-order valence-corrected chi connectivity index (χ4v) is 2.21. The van der Waals surface area contributed by atoms with Crippen molar-refractivity contribution in [2.75, 3.05) is 13.2 Å². The first-order chi connectivity index (χ1) is 13.8. The van der Waals surface area contributed by atoms with Crippen LogP contribution in [0.15, 0.2) is 48.8 Å². The number of carbonyl (C=O) groups is 3. The minimum Gasteiger partial charge on any atom is -0.484 e. The van der Waals surface area contributed by atoms with E-state index >= 15 is 0 Å². The first kappa shape index (κ1) is 21.8. The molecule has 0 saturated heterocycles. The predicted molar refractivity (Wildman–Crippen MR) is 102 cm³/mol. The Hall–Kier alpha value is -3.46. The summed E-state index contributed by atoms with van der Waals surface area (Å²) in [6.45, 7) is 3.51. The number of nitrogens with one attached hydrogen (secondary N) is 2. The Bertz CT molecular complexity index is 951. The number of carboxylic acid groups (broad SMARTS) is 1. The van der Waals surface area contributed by atoms with E-state index in [9.17, 15) is 18.8 Å². The van der Waals surface area contributed by atoms with E-state index in [2.05, 4.69) is 22.2 Å². The van der Waals surface area contributed by atoms with Crippen LogP contribution in [0, 0.1) is 5.82 Å². The van der Waals surface area contributed by atoms with E-state index < -0.39 is 23.6 Å². The molecule has 0 fully saturated rings. The largest absolute Gasteiger partial charge is 0.484 e. The molecule has 0 unspecified atom stereocenters. The smallest absolute Gasteiger partial charge is 0.335 e. The Morgan fingerprint density at radius 3 is 2.69 bits per heavy atom. The average Bonchev–Trinajstić information content (AvgIpc) is 2.69. The van der Waals surface area contributed by atoms with Gasteiger partial charge in [-0.05, 0) is 24.3 Å². The van der Waals surface area contributed by atoms with Gasteiger partial charge in [0.15, 0.2) is 6.61 Å². The van der Waals surface area contributed by atoms with Gasteiger partial charge in [-0.15, -0.1) is 0 Å². The maximum atomic E-state index is 13.3. The van der Waals surface area contributed by atoms with Crippen LogP contribution < -0.4 is 15.4 Å². The van der Waals surface area contributed by atoms with E-state index in [1.165, 1.54) is 24.4 Å². The number of pyridine rings is 1. The molecular formula is C19H17ClFN3O5. The number of carboxylic acids is 1. The van der Waals surface area contributed by atoms with Crippen molar-refractivity contribution < 1.29 is 28.6 Å². The topological polar surface area (TPSA) is 118 Å². The van der Waals surface area contributed by atoms with Gasteiger partial charge in [-0.3, -0.25) is 14.6 Å². The fourth-order valence-electron chi connectivity index (χ4n) is 2.09. The molecule has 0 radical (unpaired) electrons. The van der Waals surface area contributed by atoms with Crippen molar-refractivity contribution in [1.29, 1.82) is 0 Å². The summed E-state index contributed by atoms with van der Waals surface area (Å²) in [6.07, 6.45) is 1.44. The zero-order valence-corrected chi connectivity index (χ0v) is 15.8. The van der Waals surface area contributed by atoms with E-state index in [1.54, 1.807) is 0 Å². The van der Waals surface area contributed by atoms with Crippen LogP contribution in [0.2, 0.25) is 5.02 Å². The number of carbonyl (C=O) groups excluding carboxylic acids is 2. The second-order valence-electron chi connectivity index (χ2n) is 5.76. The van der Waals surface area contributed by atoms with Crippen LogP contribution in [0.25, 0.3) is 0 Å². The number of amides is 2. The third-order valence-electron chi connectivity index (χ3n) is 3.54. The molecule has 0 bridgehead atoms. The molecule has 10 heteroatoms. The van der Waals surface area contributed by atoms with Gasteiger partial charge in [-0.1, -0.05) is 18.2 Å². The number of aromatic nitrogens is 1. The van der Waals surface area contributed by atoms with E-state index in [0.29, 0.717) is 5.70 Å². The van der Waals surface area contributed by atoms with Gasteiger partial charge < -0.3 is 20.5 Å². The SMILES string of the molecule is C=C(CCNC(=O)COc1ccc(Cl)c(F)c1)NC(=O)c1cc(C(=O)O)ccn1. The summed E-state index contributed by atoms with van der Waals surface area (Å²) in [5, 5.41) is 13.9. The minimum absolute atomic E-state index is 0.0488. The molecule has 2 rings (SSSR count). The van der Waals surface area contributed by atoms with Crippen molar-refractivity contribution in [3.8, 4) is 5.75 Å². The molecule has 0 saturated carbocycles. The molecule has 1 aromatic carbocycles. The Morgan fingerprint density at radius 1 is 1.24 bits per heavy atom. The highest BCUT2D eigenvalue weighted by Crippen LogP contribution is 2.20. The second-order valence-corrected chi connectivity index (χ2v) is 6.16. The summed E-state index contributed by atoms with van der Waals surface area (Å²) in [7, 11) is 0. The molecule has 0 spiro atoms. The van der Waals surface area contributed by atoms with Crippen LogP contribution in [0.4, 0.5) is 4.39 Å². The molecule has 3 N–H and O–H groups in total. The van der Waals surface area contributed by atoms with Gasteiger partial charge in [0.1, 0.15) is 17.3 Å². The van der Waals surface area contributed by atoms with Gasteiger partial charge in [0.2, 0.25) is 0 Å². The van der Waals surface area contributed by atoms with E-state index in [-0.39, 0.29) is 41.6 Å². The van der Waals surface area contributed by atoms with Crippen LogP contribution in [-0.2, 0) is 4.79 Å². The standard InChI is InChI=1S/C19H17ClFN3O5/c1-11(24-18(26)16-8-12(19(27)28)5-7-22-16)4-6-23-17(25)10-29-13-2-3-14(20)15(21)9-13/h2-3,5,7-9H,1,4,6,10H2,(H,23,25)(H,24,26)(H,27,28). The highest BCUT2D eigenvalue weighted by Gasteiger charge is 2.12. The van der Waals surface area contributed by atoms with Crippen LogP contribution >= 0.6 is 11.6 Å². The summed E-state index contributed by atoms with van der Waals surface area (Å²) in [5.41, 5.74) is 0.167. The third kappa shape index (κ3) is 6.89. The fraction of sp³-hybridized carbons (Fsp3) is 0.158. The van der Waals surface area contributed by atoms with Gasteiger partial charge in [-0.2, -0.15) is 0 Å². The molecule has 0 aliphatic rings. The maximum absolute atomic E-state index is 13.3. The van der Waals surface area contributed by atoms with E-state index in [4.69, 9.17) is 21.4 Å². The lowest BCUT2D eigenvalue weighted by Crippen LogP contribution is -2.31. The number of aromatic carboxylic acids is 1. The molecular weight excluding hydrogens is 405 g/mol. The molecule has 0 aliphatic carbocycles. The number of ether oxygens (including phenoxy) is 1. The van der Waals surface area contributed by atoms with Crippen molar-refractivity contribution in [2.45, 2.75) is 6.42 Å². The Balaban J connectivity index is 1.72. The molecule has 1 heterocycles.